The van der Waals surface area contributed by atoms with Crippen LogP contribution >= 0.6 is 0 Å². The molecule has 0 aliphatic rings. The summed E-state index contributed by atoms with van der Waals surface area (Å²) in [4.78, 5) is 19.1. The zero-order chi connectivity index (χ0) is 15.0. The lowest BCUT2D eigenvalue weighted by Gasteiger charge is -2.16. The Kier molecular flexibility index (Phi) is 3.75. The van der Waals surface area contributed by atoms with Crippen molar-refractivity contribution in [2.75, 3.05) is 0 Å². The first kappa shape index (κ1) is 14.8. The van der Waals surface area contributed by atoms with Crippen LogP contribution in [0.4, 0.5) is 24.5 Å². The van der Waals surface area contributed by atoms with Crippen molar-refractivity contribution < 1.29 is 28.1 Å². The summed E-state index contributed by atoms with van der Waals surface area (Å²) in [5, 5.41) is 30.3. The van der Waals surface area contributed by atoms with Gasteiger partial charge in [-0.1, -0.05) is 0 Å². The molecule has 0 saturated heterocycles. The van der Waals surface area contributed by atoms with Crippen molar-refractivity contribution in [3.63, 3.8) is 0 Å². The Morgan fingerprint density at radius 2 is 1.74 bits per heavy atom. The number of benzene rings is 1. The second kappa shape index (κ2) is 4.80. The number of hydrogen-bond acceptors (Lipinski definition) is 5. The van der Waals surface area contributed by atoms with Crippen molar-refractivity contribution in [3.05, 3.63) is 43.5 Å². The molecule has 1 aromatic rings. The highest BCUT2D eigenvalue weighted by atomic mass is 19.4. The van der Waals surface area contributed by atoms with E-state index in [2.05, 4.69) is 0 Å². The fourth-order valence-corrected chi connectivity index (χ4v) is 1.46. The molecule has 0 heterocycles. The van der Waals surface area contributed by atoms with E-state index in [0.717, 1.165) is 6.92 Å². The summed E-state index contributed by atoms with van der Waals surface area (Å²) in [6.07, 6.45) is -8.10. The van der Waals surface area contributed by atoms with Gasteiger partial charge in [-0.15, -0.1) is 0 Å². The normalized spacial score (nSPS) is 13.1. The molecule has 0 saturated carbocycles. The van der Waals surface area contributed by atoms with E-state index in [4.69, 9.17) is 5.11 Å². The standard InChI is InChI=1S/C9H7F3N2O5/c1-4-6(8(15)9(10,11)12)2-5(13(16)17)3-7(4)14(18)19/h2-3,8,15H,1H3. The van der Waals surface area contributed by atoms with E-state index >= 15 is 0 Å². The summed E-state index contributed by atoms with van der Waals surface area (Å²) >= 11 is 0. The summed E-state index contributed by atoms with van der Waals surface area (Å²) in [6, 6.07) is 1.02. The van der Waals surface area contributed by atoms with Gasteiger partial charge in [-0.3, -0.25) is 20.2 Å². The Morgan fingerprint density at radius 3 is 2.11 bits per heavy atom. The minimum absolute atomic E-state index is 0.472. The Balaban J connectivity index is 3.55. The maximum atomic E-state index is 12.4. The zero-order valence-corrected chi connectivity index (χ0v) is 9.34. The summed E-state index contributed by atoms with van der Waals surface area (Å²) in [6.45, 7) is 0.978. The van der Waals surface area contributed by atoms with Crippen molar-refractivity contribution in [1.29, 1.82) is 0 Å². The van der Waals surface area contributed by atoms with Gasteiger partial charge in [0.25, 0.3) is 11.4 Å². The minimum Gasteiger partial charge on any atom is -0.379 e. The van der Waals surface area contributed by atoms with E-state index in [1.807, 2.05) is 0 Å². The Hall–Kier alpha value is -2.23. The highest BCUT2D eigenvalue weighted by Gasteiger charge is 2.42. The largest absolute Gasteiger partial charge is 0.418 e. The molecule has 10 heteroatoms. The predicted octanol–water partition coefficient (Wildman–Crippen LogP) is 2.41. The van der Waals surface area contributed by atoms with Crippen LogP contribution in [0.25, 0.3) is 0 Å². The number of alkyl halides is 3. The third kappa shape index (κ3) is 2.96. The summed E-state index contributed by atoms with van der Waals surface area (Å²) in [5.74, 6) is 0. The Morgan fingerprint density at radius 1 is 1.21 bits per heavy atom. The van der Waals surface area contributed by atoms with Crippen LogP contribution in [0, 0.1) is 27.2 Å². The van der Waals surface area contributed by atoms with Crippen LogP contribution in [0.3, 0.4) is 0 Å². The van der Waals surface area contributed by atoms with Gasteiger partial charge in [0, 0.05) is 17.2 Å². The molecule has 1 rings (SSSR count). The number of aliphatic hydroxyl groups excluding tert-OH is 1. The van der Waals surface area contributed by atoms with E-state index in [1.165, 1.54) is 0 Å². The molecule has 0 aliphatic heterocycles. The van der Waals surface area contributed by atoms with Gasteiger partial charge in [0.15, 0.2) is 6.10 Å². The van der Waals surface area contributed by atoms with E-state index in [-0.39, 0.29) is 0 Å². The first-order valence-corrected chi connectivity index (χ1v) is 4.73. The lowest BCUT2D eigenvalue weighted by Crippen LogP contribution is -2.21. The van der Waals surface area contributed by atoms with Crippen molar-refractivity contribution >= 4 is 11.4 Å². The van der Waals surface area contributed by atoms with Crippen molar-refractivity contribution in [2.24, 2.45) is 0 Å². The van der Waals surface area contributed by atoms with Gasteiger partial charge in [0.05, 0.1) is 15.9 Å². The molecule has 1 atom stereocenters. The highest BCUT2D eigenvalue weighted by Crippen LogP contribution is 2.38. The highest BCUT2D eigenvalue weighted by molar-refractivity contribution is 5.54. The van der Waals surface area contributed by atoms with Gasteiger partial charge in [0.1, 0.15) is 0 Å². The molecule has 1 N–H and O–H groups in total. The number of non-ortho nitro benzene ring substituents is 1. The molecular formula is C9H7F3N2O5. The monoisotopic (exact) mass is 280 g/mol. The third-order valence-electron chi connectivity index (χ3n) is 2.42. The molecule has 7 nitrogen and oxygen atoms in total. The number of nitro groups is 2. The van der Waals surface area contributed by atoms with Gasteiger partial charge in [-0.25, -0.2) is 0 Å². The number of halogens is 3. The molecule has 19 heavy (non-hydrogen) atoms. The molecule has 0 spiro atoms. The van der Waals surface area contributed by atoms with Crippen LogP contribution < -0.4 is 0 Å². The molecule has 0 aliphatic carbocycles. The topological polar surface area (TPSA) is 107 Å². The summed E-state index contributed by atoms with van der Waals surface area (Å²) in [7, 11) is 0. The van der Waals surface area contributed by atoms with Gasteiger partial charge >= 0.3 is 6.18 Å². The number of nitrogens with zero attached hydrogens (tertiary/aromatic N) is 2. The quantitative estimate of drug-likeness (QED) is 0.675. The second-order valence-corrected chi connectivity index (χ2v) is 3.64. The van der Waals surface area contributed by atoms with Crippen molar-refractivity contribution in [3.8, 4) is 0 Å². The molecule has 0 aromatic heterocycles. The van der Waals surface area contributed by atoms with Gasteiger partial charge < -0.3 is 5.11 Å². The van der Waals surface area contributed by atoms with Crippen LogP contribution in [0.2, 0.25) is 0 Å². The average molecular weight is 280 g/mol. The number of rotatable bonds is 3. The SMILES string of the molecule is Cc1c(C(O)C(F)(F)F)cc([N+](=O)[O-])cc1[N+](=O)[O-]. The van der Waals surface area contributed by atoms with Crippen molar-refractivity contribution in [1.82, 2.24) is 0 Å². The lowest BCUT2D eigenvalue weighted by atomic mass is 10.0. The van der Waals surface area contributed by atoms with Crippen LogP contribution in [0.5, 0.6) is 0 Å². The van der Waals surface area contributed by atoms with E-state index in [9.17, 15) is 33.4 Å². The number of nitro benzene ring substituents is 2. The average Bonchev–Trinajstić information content (AvgIpc) is 2.26. The van der Waals surface area contributed by atoms with Crippen LogP contribution in [0.15, 0.2) is 12.1 Å². The predicted molar refractivity (Wildman–Crippen MR) is 55.5 cm³/mol. The van der Waals surface area contributed by atoms with Crippen LogP contribution in [0.1, 0.15) is 17.2 Å². The molecule has 104 valence electrons. The first-order valence-electron chi connectivity index (χ1n) is 4.73. The third-order valence-corrected chi connectivity index (χ3v) is 2.42. The summed E-state index contributed by atoms with van der Waals surface area (Å²) < 4.78 is 37.2. The van der Waals surface area contributed by atoms with E-state index < -0.39 is 44.6 Å². The first-order chi connectivity index (χ1) is 8.55. The smallest absolute Gasteiger partial charge is 0.379 e. The molecule has 0 radical (unpaired) electrons. The Labute approximate surface area is 103 Å². The zero-order valence-electron chi connectivity index (χ0n) is 9.34. The maximum Gasteiger partial charge on any atom is 0.418 e. The number of aliphatic hydroxyl groups is 1. The molecule has 0 fully saturated rings. The van der Waals surface area contributed by atoms with Crippen LogP contribution in [-0.2, 0) is 0 Å². The maximum absolute atomic E-state index is 12.4. The van der Waals surface area contributed by atoms with Gasteiger partial charge in [0.2, 0.25) is 0 Å². The van der Waals surface area contributed by atoms with Crippen molar-refractivity contribution in [2.45, 2.75) is 19.2 Å². The van der Waals surface area contributed by atoms with E-state index in [1.54, 1.807) is 0 Å². The molecule has 0 bridgehead atoms. The molecular weight excluding hydrogens is 273 g/mol. The van der Waals surface area contributed by atoms with Gasteiger partial charge in [-0.05, 0) is 6.92 Å². The lowest BCUT2D eigenvalue weighted by molar-refractivity contribution is -0.394. The molecule has 0 amide bonds. The Bertz CT molecular complexity index is 543. The van der Waals surface area contributed by atoms with E-state index in [0.29, 0.717) is 12.1 Å². The summed E-state index contributed by atoms with van der Waals surface area (Å²) in [5.41, 5.74) is -3.13. The number of hydrogen-bond donors (Lipinski definition) is 1. The fraction of sp³-hybridized carbons (Fsp3) is 0.333. The van der Waals surface area contributed by atoms with Gasteiger partial charge in [-0.2, -0.15) is 13.2 Å². The molecule has 1 aromatic carbocycles. The minimum atomic E-state index is -5.08. The van der Waals surface area contributed by atoms with Crippen LogP contribution in [-0.4, -0.2) is 21.1 Å². The fourth-order valence-electron chi connectivity index (χ4n) is 1.46. The molecule has 1 unspecified atom stereocenters. The second-order valence-electron chi connectivity index (χ2n) is 3.64.